The maximum atomic E-state index is 13.4. The quantitative estimate of drug-likeness (QED) is 0.612. The zero-order valence-electron chi connectivity index (χ0n) is 14.8. The molecule has 6 nitrogen and oxygen atoms in total. The number of sulfonamides is 1. The van der Waals surface area contributed by atoms with Crippen molar-refractivity contribution in [2.24, 2.45) is 0 Å². The predicted octanol–water partition coefficient (Wildman–Crippen LogP) is 3.75. The first-order chi connectivity index (χ1) is 12.4. The van der Waals surface area contributed by atoms with Gasteiger partial charge in [-0.25, -0.2) is 8.42 Å². The molecule has 3 aromatic rings. The maximum Gasteiger partial charge on any atom is 0.249 e. The Labute approximate surface area is 157 Å². The second-order valence-corrected chi connectivity index (χ2v) is 8.72. The molecule has 0 unspecified atom stereocenters. The summed E-state index contributed by atoms with van der Waals surface area (Å²) in [5, 5.41) is 5.73. The van der Waals surface area contributed by atoms with Gasteiger partial charge in [0.2, 0.25) is 10.0 Å². The van der Waals surface area contributed by atoms with Gasteiger partial charge < -0.3 is 9.26 Å². The van der Waals surface area contributed by atoms with E-state index in [4.69, 9.17) is 9.26 Å². The van der Waals surface area contributed by atoms with Crippen LogP contribution in [0.15, 0.2) is 51.2 Å². The van der Waals surface area contributed by atoms with Crippen LogP contribution in [-0.4, -0.2) is 25.0 Å². The molecule has 0 aliphatic carbocycles. The van der Waals surface area contributed by atoms with Gasteiger partial charge in [0.15, 0.2) is 5.76 Å². The van der Waals surface area contributed by atoms with Crippen molar-refractivity contribution in [1.29, 1.82) is 0 Å². The van der Waals surface area contributed by atoms with Crippen LogP contribution in [0.3, 0.4) is 0 Å². The van der Waals surface area contributed by atoms with Gasteiger partial charge in [-0.15, -0.1) is 11.3 Å². The largest absolute Gasteiger partial charge is 0.496 e. The molecule has 1 aromatic carbocycles. The molecule has 0 aliphatic heterocycles. The molecule has 0 amide bonds. The molecular weight excluding hydrogens is 372 g/mol. The lowest BCUT2D eigenvalue weighted by Gasteiger charge is -2.22. The van der Waals surface area contributed by atoms with Crippen LogP contribution in [-0.2, 0) is 23.1 Å². The third-order valence-electron chi connectivity index (χ3n) is 4.02. The number of benzene rings is 1. The molecule has 2 heterocycles. The third kappa shape index (κ3) is 3.67. The lowest BCUT2D eigenvalue weighted by atomic mass is 10.2. The van der Waals surface area contributed by atoms with Crippen molar-refractivity contribution in [3.63, 3.8) is 0 Å². The molecule has 0 N–H and O–H groups in total. The number of para-hydroxylation sites is 1. The summed E-state index contributed by atoms with van der Waals surface area (Å²) in [4.78, 5) is 1.08. The van der Waals surface area contributed by atoms with Crippen LogP contribution in [0.1, 0.15) is 21.9 Å². The zero-order valence-corrected chi connectivity index (χ0v) is 16.4. The van der Waals surface area contributed by atoms with Crippen molar-refractivity contribution in [2.75, 3.05) is 7.11 Å². The Balaban J connectivity index is 2.03. The van der Waals surface area contributed by atoms with Gasteiger partial charge in [-0.1, -0.05) is 29.4 Å². The normalized spacial score (nSPS) is 11.8. The van der Waals surface area contributed by atoms with Crippen LogP contribution < -0.4 is 4.74 Å². The summed E-state index contributed by atoms with van der Waals surface area (Å²) >= 11 is 1.52. The van der Waals surface area contributed by atoms with Gasteiger partial charge in [-0.2, -0.15) is 4.31 Å². The highest BCUT2D eigenvalue weighted by atomic mass is 32.2. The van der Waals surface area contributed by atoms with Gasteiger partial charge in [0.1, 0.15) is 16.3 Å². The van der Waals surface area contributed by atoms with Gasteiger partial charge >= 0.3 is 0 Å². The van der Waals surface area contributed by atoms with Crippen LogP contribution in [0.4, 0.5) is 0 Å². The fourth-order valence-electron chi connectivity index (χ4n) is 2.80. The first-order valence-electron chi connectivity index (χ1n) is 8.00. The van der Waals surface area contributed by atoms with Crippen molar-refractivity contribution >= 4 is 21.4 Å². The highest BCUT2D eigenvalue weighted by Crippen LogP contribution is 2.29. The average molecular weight is 393 g/mol. The highest BCUT2D eigenvalue weighted by molar-refractivity contribution is 7.89. The van der Waals surface area contributed by atoms with Crippen molar-refractivity contribution in [3.05, 3.63) is 63.7 Å². The Morgan fingerprint density at radius 1 is 1.15 bits per heavy atom. The van der Waals surface area contributed by atoms with E-state index in [9.17, 15) is 8.42 Å². The minimum atomic E-state index is -3.79. The van der Waals surface area contributed by atoms with Crippen LogP contribution in [0.5, 0.6) is 5.75 Å². The summed E-state index contributed by atoms with van der Waals surface area (Å²) in [5.41, 5.74) is 1.15. The predicted molar refractivity (Wildman–Crippen MR) is 99.7 cm³/mol. The van der Waals surface area contributed by atoms with E-state index in [1.54, 1.807) is 21.0 Å². The van der Waals surface area contributed by atoms with E-state index in [0.29, 0.717) is 17.2 Å². The van der Waals surface area contributed by atoms with Crippen LogP contribution >= 0.6 is 11.3 Å². The molecule has 0 fully saturated rings. The Morgan fingerprint density at radius 3 is 2.54 bits per heavy atom. The average Bonchev–Trinajstić information content (AvgIpc) is 3.24. The first kappa shape index (κ1) is 18.6. The summed E-state index contributed by atoms with van der Waals surface area (Å²) in [6.45, 7) is 3.70. The maximum absolute atomic E-state index is 13.4. The van der Waals surface area contributed by atoms with Crippen LogP contribution in [0, 0.1) is 13.8 Å². The Morgan fingerprint density at radius 2 is 1.92 bits per heavy atom. The second kappa shape index (κ2) is 7.61. The Kier molecular flexibility index (Phi) is 5.45. The zero-order chi connectivity index (χ0) is 18.7. The lowest BCUT2D eigenvalue weighted by Crippen LogP contribution is -2.30. The Bertz CT molecular complexity index is 959. The van der Waals surface area contributed by atoms with Crippen LogP contribution in [0.2, 0.25) is 0 Å². The van der Waals surface area contributed by atoms with E-state index < -0.39 is 10.0 Å². The van der Waals surface area contributed by atoms with E-state index in [0.717, 1.165) is 10.4 Å². The van der Waals surface area contributed by atoms with Gasteiger partial charge in [0, 0.05) is 23.5 Å². The monoisotopic (exact) mass is 392 g/mol. The van der Waals surface area contributed by atoms with Crippen molar-refractivity contribution < 1.29 is 17.7 Å². The molecule has 3 rings (SSSR count). The standard InChI is InChI=1S/C18H20N2O4S2/c1-13-18(14(2)24-19-13)26(21,22)20(12-16-8-6-10-25-16)11-15-7-4-5-9-17(15)23-3/h4-10H,11-12H2,1-3H3. The van der Waals surface area contributed by atoms with E-state index in [1.807, 2.05) is 41.8 Å². The number of thiophene rings is 1. The molecule has 0 spiro atoms. The molecule has 26 heavy (non-hydrogen) atoms. The molecule has 0 bridgehead atoms. The highest BCUT2D eigenvalue weighted by Gasteiger charge is 2.32. The minimum absolute atomic E-state index is 0.129. The van der Waals surface area contributed by atoms with E-state index >= 15 is 0 Å². The van der Waals surface area contributed by atoms with Gasteiger partial charge in [0.05, 0.1) is 7.11 Å². The molecular formula is C18H20N2O4S2. The number of nitrogens with zero attached hydrogens (tertiary/aromatic N) is 2. The number of aromatic nitrogens is 1. The minimum Gasteiger partial charge on any atom is -0.496 e. The van der Waals surface area contributed by atoms with E-state index in [2.05, 4.69) is 5.16 Å². The molecule has 0 radical (unpaired) electrons. The fraction of sp³-hybridized carbons (Fsp3) is 0.278. The summed E-state index contributed by atoms with van der Waals surface area (Å²) < 4.78 is 38.6. The van der Waals surface area contributed by atoms with Crippen molar-refractivity contribution in [2.45, 2.75) is 31.8 Å². The van der Waals surface area contributed by atoms with Crippen LogP contribution in [0.25, 0.3) is 0 Å². The van der Waals surface area contributed by atoms with Crippen molar-refractivity contribution in [1.82, 2.24) is 9.46 Å². The number of methoxy groups -OCH3 is 1. The summed E-state index contributed by atoms with van der Waals surface area (Å²) in [7, 11) is -2.22. The first-order valence-corrected chi connectivity index (χ1v) is 10.3. The van der Waals surface area contributed by atoms with Gasteiger partial charge in [0.25, 0.3) is 0 Å². The number of ether oxygens (including phenoxy) is 1. The topological polar surface area (TPSA) is 72.6 Å². The van der Waals surface area contributed by atoms with Gasteiger partial charge in [-0.3, -0.25) is 0 Å². The molecule has 0 saturated heterocycles. The summed E-state index contributed by atoms with van der Waals surface area (Å²) in [6.07, 6.45) is 0. The second-order valence-electron chi connectivity index (χ2n) is 5.82. The fourth-order valence-corrected chi connectivity index (χ4v) is 5.29. The molecule has 0 saturated carbocycles. The van der Waals surface area contributed by atoms with E-state index in [1.165, 1.54) is 15.6 Å². The Hall–Kier alpha value is -2.16. The molecule has 0 atom stereocenters. The van der Waals surface area contributed by atoms with E-state index in [-0.39, 0.29) is 18.0 Å². The number of aryl methyl sites for hydroxylation is 2. The van der Waals surface area contributed by atoms with Gasteiger partial charge in [-0.05, 0) is 31.4 Å². The molecule has 138 valence electrons. The van der Waals surface area contributed by atoms with Crippen molar-refractivity contribution in [3.8, 4) is 5.75 Å². The molecule has 2 aromatic heterocycles. The third-order valence-corrected chi connectivity index (χ3v) is 6.92. The lowest BCUT2D eigenvalue weighted by molar-refractivity contribution is 0.374. The summed E-state index contributed by atoms with van der Waals surface area (Å²) in [6, 6.07) is 11.2. The number of rotatable bonds is 7. The SMILES string of the molecule is COc1ccccc1CN(Cc1cccs1)S(=O)(=O)c1c(C)noc1C. The molecule has 0 aliphatic rings. The summed E-state index contributed by atoms with van der Waals surface area (Å²) in [5.74, 6) is 0.941. The smallest absolute Gasteiger partial charge is 0.249 e. The molecule has 8 heteroatoms. The number of hydrogen-bond donors (Lipinski definition) is 0. The number of hydrogen-bond acceptors (Lipinski definition) is 6.